The van der Waals surface area contributed by atoms with Crippen molar-refractivity contribution >= 4 is 11.6 Å². The molecule has 1 aliphatic rings. The lowest BCUT2D eigenvalue weighted by Gasteiger charge is -2.31. The second-order valence-electron chi connectivity index (χ2n) is 4.94. The van der Waals surface area contributed by atoms with Gasteiger partial charge in [-0.1, -0.05) is 19.3 Å². The lowest BCUT2D eigenvalue weighted by molar-refractivity contribution is -0.122. The van der Waals surface area contributed by atoms with E-state index in [0.717, 1.165) is 37.1 Å². The molecule has 1 aromatic rings. The number of hydrogen-bond acceptors (Lipinski definition) is 3. The third-order valence-electron chi connectivity index (χ3n) is 3.68. The van der Waals surface area contributed by atoms with Gasteiger partial charge in [0.15, 0.2) is 0 Å². The lowest BCUT2D eigenvalue weighted by atomic mass is 9.82. The van der Waals surface area contributed by atoms with Crippen molar-refractivity contribution < 1.29 is 4.79 Å². The Morgan fingerprint density at radius 1 is 1.47 bits per heavy atom. The van der Waals surface area contributed by atoms with Gasteiger partial charge in [0.1, 0.15) is 0 Å². The quantitative estimate of drug-likeness (QED) is 0.813. The van der Waals surface area contributed by atoms with E-state index in [4.69, 9.17) is 5.73 Å². The monoisotopic (exact) mass is 236 g/mol. The largest absolute Gasteiger partial charge is 0.322 e. The van der Waals surface area contributed by atoms with Gasteiger partial charge in [0.2, 0.25) is 5.91 Å². The van der Waals surface area contributed by atoms with E-state index in [1.807, 2.05) is 14.0 Å². The van der Waals surface area contributed by atoms with Gasteiger partial charge in [-0.25, -0.2) is 0 Å². The predicted octanol–water partition coefficient (Wildman–Crippen LogP) is 1.33. The first-order chi connectivity index (χ1) is 8.03. The van der Waals surface area contributed by atoms with Gasteiger partial charge in [0.05, 0.1) is 23.1 Å². The van der Waals surface area contributed by atoms with Crippen LogP contribution in [0.3, 0.4) is 0 Å². The molecular weight excluding hydrogens is 216 g/mol. The molecule has 1 fully saturated rings. The molecule has 3 N–H and O–H groups in total. The highest BCUT2D eigenvalue weighted by Gasteiger charge is 2.35. The van der Waals surface area contributed by atoms with Crippen molar-refractivity contribution in [2.45, 2.75) is 44.6 Å². The standard InChI is InChI=1S/C12H20N4O/c1-9-10(8-14-16(9)2)15-11(17)12(13)6-4-3-5-7-12/h8H,3-7,13H2,1-2H3,(H,15,17). The summed E-state index contributed by atoms with van der Waals surface area (Å²) in [5.74, 6) is -0.0756. The van der Waals surface area contributed by atoms with Crippen molar-refractivity contribution in [3.8, 4) is 0 Å². The number of aromatic nitrogens is 2. The van der Waals surface area contributed by atoms with Gasteiger partial charge >= 0.3 is 0 Å². The third-order valence-corrected chi connectivity index (χ3v) is 3.68. The summed E-state index contributed by atoms with van der Waals surface area (Å²) >= 11 is 0. The van der Waals surface area contributed by atoms with Gasteiger partial charge in [0.25, 0.3) is 0 Å². The van der Waals surface area contributed by atoms with Crippen molar-refractivity contribution in [1.82, 2.24) is 9.78 Å². The summed E-state index contributed by atoms with van der Waals surface area (Å²) in [4.78, 5) is 12.2. The van der Waals surface area contributed by atoms with Crippen LogP contribution in [0, 0.1) is 6.92 Å². The van der Waals surface area contributed by atoms with Crippen LogP contribution in [0.25, 0.3) is 0 Å². The number of carbonyl (C=O) groups excluding carboxylic acids is 1. The van der Waals surface area contributed by atoms with Crippen LogP contribution in [0.2, 0.25) is 0 Å². The fourth-order valence-electron chi connectivity index (χ4n) is 2.28. The summed E-state index contributed by atoms with van der Waals surface area (Å²) in [6.45, 7) is 1.92. The molecule has 0 bridgehead atoms. The van der Waals surface area contributed by atoms with Crippen molar-refractivity contribution in [2.75, 3.05) is 5.32 Å². The van der Waals surface area contributed by atoms with Gasteiger partial charge in [0, 0.05) is 7.05 Å². The van der Waals surface area contributed by atoms with Crippen LogP contribution in [0.4, 0.5) is 5.69 Å². The predicted molar refractivity (Wildman–Crippen MR) is 66.6 cm³/mol. The van der Waals surface area contributed by atoms with Crippen LogP contribution >= 0.6 is 0 Å². The Balaban J connectivity index is 2.08. The van der Waals surface area contributed by atoms with Gasteiger partial charge in [-0.05, 0) is 19.8 Å². The molecule has 0 spiro atoms. The van der Waals surface area contributed by atoms with E-state index in [9.17, 15) is 4.79 Å². The molecule has 94 valence electrons. The fourth-order valence-corrected chi connectivity index (χ4v) is 2.28. The first-order valence-electron chi connectivity index (χ1n) is 6.12. The zero-order valence-electron chi connectivity index (χ0n) is 10.5. The van der Waals surface area contributed by atoms with Crippen LogP contribution in [-0.4, -0.2) is 21.2 Å². The normalized spacial score (nSPS) is 19.0. The minimum atomic E-state index is -0.694. The molecule has 1 aliphatic carbocycles. The Bertz CT molecular complexity index is 418. The summed E-state index contributed by atoms with van der Waals surface area (Å²) in [6.07, 6.45) is 6.47. The topological polar surface area (TPSA) is 72.9 Å². The highest BCUT2D eigenvalue weighted by molar-refractivity contribution is 5.98. The Kier molecular flexibility index (Phi) is 3.19. The van der Waals surface area contributed by atoms with Crippen LogP contribution in [0.1, 0.15) is 37.8 Å². The summed E-state index contributed by atoms with van der Waals surface area (Å²) in [5, 5.41) is 6.99. The molecule has 5 heteroatoms. The zero-order chi connectivity index (χ0) is 12.5. The molecule has 2 rings (SSSR count). The average Bonchev–Trinajstić information content (AvgIpc) is 2.62. The SMILES string of the molecule is Cc1c(NC(=O)C2(N)CCCCC2)cnn1C. The first-order valence-corrected chi connectivity index (χ1v) is 6.12. The molecule has 17 heavy (non-hydrogen) atoms. The van der Waals surface area contributed by atoms with E-state index in [-0.39, 0.29) is 5.91 Å². The van der Waals surface area contributed by atoms with Crippen molar-refractivity contribution in [1.29, 1.82) is 0 Å². The molecule has 0 aromatic carbocycles. The summed E-state index contributed by atoms with van der Waals surface area (Å²) in [5.41, 5.74) is 7.17. The second kappa shape index (κ2) is 4.49. The number of nitrogens with one attached hydrogen (secondary N) is 1. The number of aryl methyl sites for hydroxylation is 1. The minimum absolute atomic E-state index is 0.0756. The van der Waals surface area contributed by atoms with Crippen LogP contribution in [0.15, 0.2) is 6.20 Å². The number of rotatable bonds is 2. The average molecular weight is 236 g/mol. The van der Waals surface area contributed by atoms with Gasteiger partial charge in [-0.15, -0.1) is 0 Å². The summed E-state index contributed by atoms with van der Waals surface area (Å²) in [7, 11) is 1.85. The van der Waals surface area contributed by atoms with E-state index < -0.39 is 5.54 Å². The molecule has 1 amide bonds. The van der Waals surface area contributed by atoms with Crippen molar-refractivity contribution in [2.24, 2.45) is 12.8 Å². The van der Waals surface area contributed by atoms with Crippen LogP contribution in [0.5, 0.6) is 0 Å². The number of nitrogens with two attached hydrogens (primary N) is 1. The van der Waals surface area contributed by atoms with Crippen LogP contribution in [-0.2, 0) is 11.8 Å². The molecular formula is C12H20N4O. The molecule has 1 saturated carbocycles. The molecule has 0 aliphatic heterocycles. The van der Waals surface area contributed by atoms with E-state index >= 15 is 0 Å². The number of anilines is 1. The Morgan fingerprint density at radius 2 is 2.12 bits per heavy atom. The molecule has 0 radical (unpaired) electrons. The smallest absolute Gasteiger partial charge is 0.244 e. The fraction of sp³-hybridized carbons (Fsp3) is 0.667. The Hall–Kier alpha value is -1.36. The minimum Gasteiger partial charge on any atom is -0.322 e. The van der Waals surface area contributed by atoms with E-state index in [0.29, 0.717) is 0 Å². The number of carbonyl (C=O) groups is 1. The maximum absolute atomic E-state index is 12.2. The number of nitrogens with zero attached hydrogens (tertiary/aromatic N) is 2. The number of hydrogen-bond donors (Lipinski definition) is 2. The molecule has 5 nitrogen and oxygen atoms in total. The maximum Gasteiger partial charge on any atom is 0.244 e. The van der Waals surface area contributed by atoms with Crippen molar-refractivity contribution in [3.63, 3.8) is 0 Å². The van der Waals surface area contributed by atoms with Gasteiger partial charge in [-0.3, -0.25) is 9.48 Å². The zero-order valence-corrected chi connectivity index (χ0v) is 10.5. The molecule has 0 unspecified atom stereocenters. The van der Waals surface area contributed by atoms with Crippen LogP contribution < -0.4 is 11.1 Å². The van der Waals surface area contributed by atoms with Crippen molar-refractivity contribution in [3.05, 3.63) is 11.9 Å². The summed E-state index contributed by atoms with van der Waals surface area (Å²) < 4.78 is 1.74. The molecule has 1 heterocycles. The highest BCUT2D eigenvalue weighted by Crippen LogP contribution is 2.27. The first kappa shape index (κ1) is 12.1. The Morgan fingerprint density at radius 3 is 2.65 bits per heavy atom. The maximum atomic E-state index is 12.2. The molecule has 0 saturated heterocycles. The lowest BCUT2D eigenvalue weighted by Crippen LogP contribution is -2.52. The summed E-state index contributed by atoms with van der Waals surface area (Å²) in [6, 6.07) is 0. The number of amides is 1. The van der Waals surface area contributed by atoms with Gasteiger partial charge < -0.3 is 11.1 Å². The highest BCUT2D eigenvalue weighted by atomic mass is 16.2. The Labute approximate surface area is 101 Å². The van der Waals surface area contributed by atoms with E-state index in [1.54, 1.807) is 10.9 Å². The van der Waals surface area contributed by atoms with Gasteiger partial charge in [-0.2, -0.15) is 5.10 Å². The molecule has 1 aromatic heterocycles. The third kappa shape index (κ3) is 2.34. The molecule has 0 atom stereocenters. The van der Waals surface area contributed by atoms with E-state index in [1.165, 1.54) is 6.42 Å². The van der Waals surface area contributed by atoms with E-state index in [2.05, 4.69) is 10.4 Å². The second-order valence-corrected chi connectivity index (χ2v) is 4.94.